The predicted octanol–water partition coefficient (Wildman–Crippen LogP) is 20.1. The maximum Gasteiger partial charge on any atom is 0.344 e. The molecule has 12 aliphatic carbocycles. The van der Waals surface area contributed by atoms with Crippen LogP contribution in [0.1, 0.15) is 128 Å². The topological polar surface area (TPSA) is 134 Å². The number of hydrogen-bond donors (Lipinski definition) is 1. The fourth-order valence-electron chi connectivity index (χ4n) is 20.1. The Bertz CT molecular complexity index is 3750. The maximum atomic E-state index is 13.5. The lowest BCUT2D eigenvalue weighted by atomic mass is 9.50. The van der Waals surface area contributed by atoms with Crippen molar-refractivity contribution in [1.82, 2.24) is 0 Å². The van der Waals surface area contributed by atoms with Crippen molar-refractivity contribution in [1.29, 1.82) is 0 Å². The van der Waals surface area contributed by atoms with Gasteiger partial charge in [-0.15, -0.1) is 0 Å². The molecule has 1 aliphatic heterocycles. The zero-order chi connectivity index (χ0) is 66.1. The lowest BCUT2D eigenvalue weighted by molar-refractivity contribution is -0.205. The van der Waals surface area contributed by atoms with Crippen molar-refractivity contribution in [2.45, 2.75) is 162 Å². The molecule has 12 nitrogen and oxygen atoms in total. The Hall–Kier alpha value is -2.74. The van der Waals surface area contributed by atoms with E-state index in [1.165, 1.54) is 111 Å². The number of carbonyl (C=O) groups is 3. The molecule has 0 N–H and O–H groups in total. The third-order valence-corrected chi connectivity index (χ3v) is 31.6. The fourth-order valence-corrected chi connectivity index (χ4v) is 29.1. The van der Waals surface area contributed by atoms with Crippen LogP contribution in [0.25, 0.3) is 11.1 Å². The summed E-state index contributed by atoms with van der Waals surface area (Å²) in [5, 5.41) is 0. The van der Waals surface area contributed by atoms with Crippen LogP contribution in [0.2, 0.25) is 0 Å². The van der Waals surface area contributed by atoms with Gasteiger partial charge in [0.2, 0.25) is 0 Å². The molecular formula is C77H78I6O12S. The summed E-state index contributed by atoms with van der Waals surface area (Å²) in [6.45, 7) is 6.81. The van der Waals surface area contributed by atoms with Crippen LogP contribution in [0.3, 0.4) is 0 Å². The van der Waals surface area contributed by atoms with Gasteiger partial charge in [-0.2, -0.15) is 10.9 Å². The molecule has 12 saturated carbocycles. The van der Waals surface area contributed by atoms with E-state index in [-0.39, 0.29) is 37.7 Å². The first-order valence-corrected chi connectivity index (χ1v) is 42.1. The predicted molar refractivity (Wildman–Crippen MR) is 418 cm³/mol. The first-order valence-electron chi connectivity index (χ1n) is 34.3. The van der Waals surface area contributed by atoms with Gasteiger partial charge in [0.15, 0.2) is 19.8 Å². The highest BCUT2D eigenvalue weighted by molar-refractivity contribution is 14.1. The van der Waals surface area contributed by atoms with Crippen molar-refractivity contribution in [3.8, 4) is 51.4 Å². The Morgan fingerprint density at radius 2 is 0.656 bits per heavy atom. The van der Waals surface area contributed by atoms with Crippen molar-refractivity contribution in [2.24, 2.45) is 71.0 Å². The lowest BCUT2D eigenvalue weighted by Gasteiger charge is -2.59. The highest BCUT2D eigenvalue weighted by atomic mass is 127. The van der Waals surface area contributed by atoms with E-state index in [4.69, 9.17) is 42.6 Å². The summed E-state index contributed by atoms with van der Waals surface area (Å²) in [5.41, 5.74) is 2.95. The molecule has 0 radical (unpaired) electrons. The van der Waals surface area contributed by atoms with Crippen LogP contribution in [0.15, 0.2) is 112 Å². The Morgan fingerprint density at radius 3 is 0.969 bits per heavy atom. The summed E-state index contributed by atoms with van der Waals surface area (Å²) in [4.78, 5) is 43.9. The number of hydrogen-bond acceptors (Lipinski definition) is 12. The zero-order valence-corrected chi connectivity index (χ0v) is 67.8. The Kier molecular flexibility index (Phi) is 19.1. The number of thiol groups is 1. The van der Waals surface area contributed by atoms with Gasteiger partial charge >= 0.3 is 17.9 Å². The number of ether oxygens (including phenoxy) is 9. The highest BCUT2D eigenvalue weighted by Gasteiger charge is 2.60. The number of esters is 3. The van der Waals surface area contributed by atoms with Gasteiger partial charge < -0.3 is 42.6 Å². The number of fused-ring (bicyclic) bond motifs is 3. The smallest absolute Gasteiger partial charge is 0.344 e. The van der Waals surface area contributed by atoms with E-state index in [1.807, 2.05) is 24.3 Å². The lowest BCUT2D eigenvalue weighted by Crippen LogP contribution is -2.58. The molecule has 6 aromatic carbocycles. The molecule has 96 heavy (non-hydrogen) atoms. The minimum atomic E-state index is -0.996. The molecule has 0 unspecified atom stereocenters. The number of halogens is 6. The van der Waals surface area contributed by atoms with Crippen LogP contribution < -0.4 is 28.4 Å². The first-order chi connectivity index (χ1) is 46.2. The molecule has 1 heterocycles. The van der Waals surface area contributed by atoms with Gasteiger partial charge in [0.1, 0.15) is 70.3 Å². The first kappa shape index (κ1) is 67.7. The van der Waals surface area contributed by atoms with E-state index in [9.17, 15) is 14.4 Å². The molecule has 13 aliphatic rings. The second-order valence-corrected chi connectivity index (χ2v) is 39.2. The van der Waals surface area contributed by atoms with Crippen LogP contribution in [-0.2, 0) is 41.8 Å². The molecular weight excluding hydrogens is 1910 g/mol. The van der Waals surface area contributed by atoms with Crippen molar-refractivity contribution in [3.05, 3.63) is 130 Å². The van der Waals surface area contributed by atoms with Crippen LogP contribution in [-0.4, -0.2) is 54.5 Å². The van der Waals surface area contributed by atoms with Gasteiger partial charge in [-0.3, -0.25) is 0 Å². The second kappa shape index (κ2) is 27.1. The molecule has 12 fully saturated rings. The molecule has 0 amide bonds. The van der Waals surface area contributed by atoms with Gasteiger partial charge in [-0.25, -0.2) is 14.4 Å². The number of rotatable bonds is 21. The minimum Gasteiger partial charge on any atom is -0.489 e. The third-order valence-electron chi connectivity index (χ3n) is 24.2. The number of benzene rings is 6. The molecule has 0 spiro atoms. The van der Waals surface area contributed by atoms with Crippen molar-refractivity contribution >= 4 is 164 Å². The van der Waals surface area contributed by atoms with Gasteiger partial charge in [0.25, 0.3) is 0 Å². The van der Waals surface area contributed by atoms with E-state index in [0.717, 1.165) is 90.7 Å². The van der Waals surface area contributed by atoms with Crippen LogP contribution in [0.5, 0.6) is 40.2 Å². The summed E-state index contributed by atoms with van der Waals surface area (Å²) in [6.07, 6.45) is 18.1. The summed E-state index contributed by atoms with van der Waals surface area (Å²) >= 11 is 13.7. The fraction of sp³-hybridized carbons (Fsp3) is 0.494. The molecule has 19 heteroatoms. The van der Waals surface area contributed by atoms with Crippen LogP contribution in [0, 0.1) is 92.4 Å². The summed E-state index contributed by atoms with van der Waals surface area (Å²) in [7, 11) is -0.996. The average molecular weight is 1990 g/mol. The van der Waals surface area contributed by atoms with E-state index < -0.39 is 27.7 Å². The largest absolute Gasteiger partial charge is 0.489 e. The average Bonchev–Trinajstić information content (AvgIpc) is 0.888. The van der Waals surface area contributed by atoms with Crippen LogP contribution >= 0.6 is 146 Å². The third kappa shape index (κ3) is 13.2. The van der Waals surface area contributed by atoms with Crippen molar-refractivity contribution in [2.75, 3.05) is 19.8 Å². The van der Waals surface area contributed by atoms with E-state index in [1.54, 1.807) is 0 Å². The van der Waals surface area contributed by atoms with E-state index in [0.29, 0.717) is 77.5 Å². The normalized spacial score (nSPS) is 32.1. The van der Waals surface area contributed by atoms with Gasteiger partial charge in [0.05, 0.1) is 21.4 Å². The summed E-state index contributed by atoms with van der Waals surface area (Å²) in [6, 6.07) is 33.5. The quantitative estimate of drug-likeness (QED) is 0.0318. The Labute approximate surface area is 647 Å². The second-order valence-electron chi connectivity index (χ2n) is 30.1. The van der Waals surface area contributed by atoms with Gasteiger partial charge in [-0.1, -0.05) is 0 Å². The molecule has 12 bridgehead atoms. The van der Waals surface area contributed by atoms with Crippen molar-refractivity contribution in [3.63, 3.8) is 0 Å². The standard InChI is InChI=1S/C77H78I6O12S/c1-75(48-15-40-12-41(17-48)18-49(75)16-40)93-69(84)37-89-72-61(78)27-46(28-62(72)79)35-87-55-6-10-67-59(31-55)60-32-56(88-36-47-29-63(80)73(64(81)30-47)90-38-70(85)94-76(2)50-19-42-13-43(21-50)22-51(76)20-42)7-11-68(60)96(67)58-8-4-54(5-9-58)92-57-33-65(82)74(66(83)34-57)91-39-71(86)95-77(3)52-23-44-14-45(25-52)26-53(77)24-44/h4-11,27-34,40-45,48-53,96H,12-26,35-39H2,1-3H3. The molecule has 506 valence electrons. The van der Waals surface area contributed by atoms with E-state index >= 15 is 0 Å². The van der Waals surface area contributed by atoms with E-state index in [2.05, 4.69) is 229 Å². The summed E-state index contributed by atoms with van der Waals surface area (Å²) < 4.78 is 62.9. The molecule has 19 rings (SSSR count). The van der Waals surface area contributed by atoms with Crippen LogP contribution in [0.4, 0.5) is 0 Å². The Morgan fingerprint density at radius 1 is 0.365 bits per heavy atom. The maximum absolute atomic E-state index is 13.5. The molecule has 6 aromatic rings. The minimum absolute atomic E-state index is 0.123. The number of carbonyl (C=O) groups excluding carboxylic acids is 3. The van der Waals surface area contributed by atoms with Crippen molar-refractivity contribution < 1.29 is 57.0 Å². The zero-order valence-electron chi connectivity index (χ0n) is 53.9. The molecule has 0 saturated heterocycles. The summed E-state index contributed by atoms with van der Waals surface area (Å²) in [5.74, 6) is 11.5. The molecule has 0 aromatic heterocycles. The monoisotopic (exact) mass is 1990 g/mol. The molecule has 0 atom stereocenters. The van der Waals surface area contributed by atoms with Gasteiger partial charge in [-0.05, 0) is 448 Å². The highest BCUT2D eigenvalue weighted by Crippen LogP contribution is 2.65. The Balaban J connectivity index is 0.596. The SMILES string of the molecule is CC1(OC(=O)COc2c(I)cc(COc3ccc4c(c3)-c3cc(OCc5cc(I)c(OCC(=O)OC6(C)C7CC8CC(C7)CC6C8)c(I)c5)ccc3[SH]4c3ccc(Oc4cc(I)c(OCC(=O)OC5(C)C6CC7CC(C6)CC5C7)c(I)c4)cc3)cc2I)C2CC3CC(C2)CC1C3. The van der Waals surface area contributed by atoms with Gasteiger partial charge in [0, 0.05) is 9.79 Å².